The molecule has 1 atom stereocenters. The molecule has 0 bridgehead atoms. The van der Waals surface area contributed by atoms with Crippen molar-refractivity contribution < 1.29 is 0 Å². The SMILES string of the molecule is NCC1CCCCN1c1nccc(-c2cscn2)n1. The molecule has 0 aromatic carbocycles. The molecule has 100 valence electrons. The largest absolute Gasteiger partial charge is 0.337 e. The monoisotopic (exact) mass is 275 g/mol. The van der Waals surface area contributed by atoms with E-state index in [0.717, 1.165) is 30.3 Å². The molecule has 2 aromatic rings. The van der Waals surface area contributed by atoms with Crippen molar-refractivity contribution in [3.8, 4) is 11.4 Å². The van der Waals surface area contributed by atoms with Crippen LogP contribution in [0.2, 0.25) is 0 Å². The highest BCUT2D eigenvalue weighted by molar-refractivity contribution is 7.07. The standard InChI is InChI=1S/C13H17N5S/c14-7-10-3-1-2-6-18(10)13-15-5-4-11(17-13)12-8-19-9-16-12/h4-5,8-10H,1-3,6-7,14H2. The second-order valence-corrected chi connectivity index (χ2v) is 5.41. The lowest BCUT2D eigenvalue weighted by Crippen LogP contribution is -2.45. The Morgan fingerprint density at radius 1 is 1.32 bits per heavy atom. The van der Waals surface area contributed by atoms with Crippen molar-refractivity contribution >= 4 is 17.3 Å². The molecule has 0 aliphatic carbocycles. The fraction of sp³-hybridized carbons (Fsp3) is 0.462. The molecular formula is C13H17N5S. The highest BCUT2D eigenvalue weighted by Gasteiger charge is 2.23. The van der Waals surface area contributed by atoms with Crippen LogP contribution in [0, 0.1) is 0 Å². The van der Waals surface area contributed by atoms with Crippen molar-refractivity contribution in [2.24, 2.45) is 5.73 Å². The van der Waals surface area contributed by atoms with E-state index in [1.807, 2.05) is 17.0 Å². The van der Waals surface area contributed by atoms with Crippen LogP contribution in [0.15, 0.2) is 23.2 Å². The summed E-state index contributed by atoms with van der Waals surface area (Å²) >= 11 is 1.58. The first-order chi connectivity index (χ1) is 9.38. The molecule has 0 saturated carbocycles. The first-order valence-electron chi connectivity index (χ1n) is 6.57. The zero-order chi connectivity index (χ0) is 13.1. The summed E-state index contributed by atoms with van der Waals surface area (Å²) in [5, 5.41) is 2.00. The number of thiazole rings is 1. The van der Waals surface area contributed by atoms with E-state index in [2.05, 4.69) is 19.9 Å². The van der Waals surface area contributed by atoms with Gasteiger partial charge in [-0.15, -0.1) is 11.3 Å². The lowest BCUT2D eigenvalue weighted by molar-refractivity contribution is 0.458. The van der Waals surface area contributed by atoms with Gasteiger partial charge in [-0.3, -0.25) is 0 Å². The van der Waals surface area contributed by atoms with Gasteiger partial charge in [0.2, 0.25) is 5.95 Å². The summed E-state index contributed by atoms with van der Waals surface area (Å²) in [6.45, 7) is 1.65. The molecule has 19 heavy (non-hydrogen) atoms. The molecule has 2 aromatic heterocycles. The average Bonchev–Trinajstić information content (AvgIpc) is 3.01. The van der Waals surface area contributed by atoms with Gasteiger partial charge in [0, 0.05) is 30.7 Å². The van der Waals surface area contributed by atoms with Crippen LogP contribution in [0.4, 0.5) is 5.95 Å². The Morgan fingerprint density at radius 2 is 2.26 bits per heavy atom. The molecular weight excluding hydrogens is 258 g/mol. The molecule has 1 aliphatic heterocycles. The van der Waals surface area contributed by atoms with Gasteiger partial charge in [0.1, 0.15) is 0 Å². The van der Waals surface area contributed by atoms with Crippen LogP contribution in [0.5, 0.6) is 0 Å². The van der Waals surface area contributed by atoms with Gasteiger partial charge in [-0.2, -0.15) is 0 Å². The number of rotatable bonds is 3. The lowest BCUT2D eigenvalue weighted by Gasteiger charge is -2.35. The van der Waals surface area contributed by atoms with Crippen LogP contribution in [0.25, 0.3) is 11.4 Å². The van der Waals surface area contributed by atoms with Crippen molar-refractivity contribution in [3.05, 3.63) is 23.2 Å². The van der Waals surface area contributed by atoms with Crippen molar-refractivity contribution in [3.63, 3.8) is 0 Å². The summed E-state index contributed by atoms with van der Waals surface area (Å²) < 4.78 is 0. The van der Waals surface area contributed by atoms with E-state index < -0.39 is 0 Å². The van der Waals surface area contributed by atoms with Crippen LogP contribution in [0.3, 0.4) is 0 Å². The fourth-order valence-corrected chi connectivity index (χ4v) is 3.02. The zero-order valence-corrected chi connectivity index (χ0v) is 11.5. The quantitative estimate of drug-likeness (QED) is 0.927. The Labute approximate surface area is 116 Å². The Bertz CT molecular complexity index is 528. The molecule has 5 nitrogen and oxygen atoms in total. The minimum Gasteiger partial charge on any atom is -0.337 e. The molecule has 3 heterocycles. The van der Waals surface area contributed by atoms with Crippen LogP contribution >= 0.6 is 11.3 Å². The number of aromatic nitrogens is 3. The van der Waals surface area contributed by atoms with Gasteiger partial charge >= 0.3 is 0 Å². The number of nitrogens with zero attached hydrogens (tertiary/aromatic N) is 4. The minimum atomic E-state index is 0.361. The van der Waals surface area contributed by atoms with E-state index in [-0.39, 0.29) is 0 Å². The van der Waals surface area contributed by atoms with E-state index in [4.69, 9.17) is 5.73 Å². The summed E-state index contributed by atoms with van der Waals surface area (Å²) in [4.78, 5) is 15.6. The van der Waals surface area contributed by atoms with Gasteiger partial charge in [-0.05, 0) is 25.3 Å². The Morgan fingerprint density at radius 3 is 3.05 bits per heavy atom. The molecule has 0 amide bonds. The summed E-state index contributed by atoms with van der Waals surface area (Å²) in [7, 11) is 0. The summed E-state index contributed by atoms with van der Waals surface area (Å²) in [5.74, 6) is 0.778. The molecule has 1 aliphatic rings. The number of nitrogens with two attached hydrogens (primary N) is 1. The van der Waals surface area contributed by atoms with Crippen LogP contribution in [-0.2, 0) is 0 Å². The topological polar surface area (TPSA) is 67.9 Å². The number of anilines is 1. The zero-order valence-electron chi connectivity index (χ0n) is 10.7. The molecule has 6 heteroatoms. The van der Waals surface area contributed by atoms with E-state index >= 15 is 0 Å². The first kappa shape index (κ1) is 12.5. The second kappa shape index (κ2) is 5.63. The highest BCUT2D eigenvalue weighted by atomic mass is 32.1. The lowest BCUT2D eigenvalue weighted by atomic mass is 10.0. The summed E-state index contributed by atoms with van der Waals surface area (Å²) in [6.07, 6.45) is 5.35. The summed E-state index contributed by atoms with van der Waals surface area (Å²) in [5.41, 5.74) is 9.47. The number of hydrogen-bond acceptors (Lipinski definition) is 6. The predicted molar refractivity (Wildman–Crippen MR) is 77.2 cm³/mol. The maximum absolute atomic E-state index is 5.86. The molecule has 3 rings (SSSR count). The Balaban J connectivity index is 1.90. The molecule has 2 N–H and O–H groups in total. The van der Waals surface area contributed by atoms with Crippen molar-refractivity contribution in [1.29, 1.82) is 0 Å². The van der Waals surface area contributed by atoms with Crippen molar-refractivity contribution in [2.75, 3.05) is 18.0 Å². The van der Waals surface area contributed by atoms with E-state index in [1.54, 1.807) is 17.5 Å². The third kappa shape index (κ3) is 2.59. The molecule has 1 fully saturated rings. The number of piperidine rings is 1. The normalized spacial score (nSPS) is 19.6. The van der Waals surface area contributed by atoms with Gasteiger partial charge in [0.25, 0.3) is 0 Å². The molecule has 1 saturated heterocycles. The molecule has 0 spiro atoms. The van der Waals surface area contributed by atoms with Crippen molar-refractivity contribution in [2.45, 2.75) is 25.3 Å². The molecule has 0 radical (unpaired) electrons. The highest BCUT2D eigenvalue weighted by Crippen LogP contribution is 2.23. The van der Waals surface area contributed by atoms with Gasteiger partial charge in [-0.25, -0.2) is 15.0 Å². The Hall–Kier alpha value is -1.53. The number of hydrogen-bond donors (Lipinski definition) is 1. The summed E-state index contributed by atoms with van der Waals surface area (Å²) in [6, 6.07) is 2.26. The van der Waals surface area contributed by atoms with Crippen LogP contribution < -0.4 is 10.6 Å². The van der Waals surface area contributed by atoms with Gasteiger partial charge in [0.15, 0.2) is 0 Å². The third-order valence-corrected chi connectivity index (χ3v) is 4.08. The van der Waals surface area contributed by atoms with Crippen LogP contribution in [0.1, 0.15) is 19.3 Å². The first-order valence-corrected chi connectivity index (χ1v) is 7.51. The molecule has 1 unspecified atom stereocenters. The van der Waals surface area contributed by atoms with E-state index in [9.17, 15) is 0 Å². The van der Waals surface area contributed by atoms with Gasteiger partial charge in [0.05, 0.1) is 16.9 Å². The predicted octanol–water partition coefficient (Wildman–Crippen LogP) is 1.92. The van der Waals surface area contributed by atoms with Gasteiger partial charge in [-0.1, -0.05) is 0 Å². The smallest absolute Gasteiger partial charge is 0.226 e. The van der Waals surface area contributed by atoms with Gasteiger partial charge < -0.3 is 10.6 Å². The second-order valence-electron chi connectivity index (χ2n) is 4.69. The minimum absolute atomic E-state index is 0.361. The van der Waals surface area contributed by atoms with Crippen molar-refractivity contribution in [1.82, 2.24) is 15.0 Å². The van der Waals surface area contributed by atoms with Crippen LogP contribution in [-0.4, -0.2) is 34.1 Å². The third-order valence-electron chi connectivity index (χ3n) is 3.49. The van der Waals surface area contributed by atoms with E-state index in [0.29, 0.717) is 12.6 Å². The maximum Gasteiger partial charge on any atom is 0.226 e. The fourth-order valence-electron chi connectivity index (χ4n) is 2.48. The average molecular weight is 275 g/mol. The Kier molecular flexibility index (Phi) is 3.70. The van der Waals surface area contributed by atoms with E-state index in [1.165, 1.54) is 12.8 Å². The maximum atomic E-state index is 5.86.